The van der Waals surface area contributed by atoms with E-state index in [0.29, 0.717) is 0 Å². The lowest BCUT2D eigenvalue weighted by atomic mass is 10.1. The fraction of sp³-hybridized carbons (Fsp3) is 0.400. The van der Waals surface area contributed by atoms with Crippen LogP contribution >= 0.6 is 0 Å². The highest BCUT2D eigenvalue weighted by Gasteiger charge is 2.33. The zero-order valence-electron chi connectivity index (χ0n) is 9.26. The molecule has 0 aliphatic carbocycles. The maximum atomic E-state index is 12.7. The number of aromatic nitrogens is 1. The van der Waals surface area contributed by atoms with E-state index in [1.54, 1.807) is 6.92 Å². The summed E-state index contributed by atoms with van der Waals surface area (Å²) in [4.78, 5) is 14.5. The molecule has 94 valence electrons. The van der Waals surface area contributed by atoms with E-state index in [4.69, 9.17) is 0 Å². The predicted molar refractivity (Wildman–Crippen MR) is 54.6 cm³/mol. The van der Waals surface area contributed by atoms with Crippen LogP contribution in [-0.4, -0.2) is 18.2 Å². The van der Waals surface area contributed by atoms with Crippen molar-refractivity contribution in [1.82, 2.24) is 4.98 Å². The summed E-state index contributed by atoms with van der Waals surface area (Å²) in [7, 11) is 1.11. The summed E-state index contributed by atoms with van der Waals surface area (Å²) in [6, 6.07) is 0.787. The van der Waals surface area contributed by atoms with E-state index in [1.807, 2.05) is 0 Å². The lowest BCUT2D eigenvalue weighted by Gasteiger charge is -2.12. The number of aryl methyl sites for hydroxylation is 1. The number of pyridine rings is 1. The minimum atomic E-state index is -4.47. The number of nitrogens with one attached hydrogen (secondary N) is 1. The molecule has 1 N–H and O–H groups in total. The molecule has 1 amide bonds. The van der Waals surface area contributed by atoms with E-state index >= 15 is 0 Å². The lowest BCUT2D eigenvalue weighted by Crippen LogP contribution is -2.15. The first-order valence-electron chi connectivity index (χ1n) is 4.79. The smallest absolute Gasteiger partial charge is 0.416 e. The van der Waals surface area contributed by atoms with Gasteiger partial charge in [-0.2, -0.15) is 13.2 Å². The Hall–Kier alpha value is -1.79. The van der Waals surface area contributed by atoms with Crippen LogP contribution in [0.5, 0.6) is 0 Å². The summed E-state index contributed by atoms with van der Waals surface area (Å²) in [6.45, 7) is 1.60. The van der Waals surface area contributed by atoms with E-state index in [9.17, 15) is 18.0 Å². The van der Waals surface area contributed by atoms with Crippen LogP contribution in [0.25, 0.3) is 0 Å². The third-order valence-electron chi connectivity index (χ3n) is 2.09. The fourth-order valence-electron chi connectivity index (χ4n) is 1.25. The molecule has 0 unspecified atom stereocenters. The first-order chi connectivity index (χ1) is 7.88. The molecule has 0 fully saturated rings. The molecule has 7 heteroatoms. The number of carbonyl (C=O) groups is 1. The van der Waals surface area contributed by atoms with Gasteiger partial charge >= 0.3 is 12.3 Å². The molecular formula is C10H11F3N2O2. The highest BCUT2D eigenvalue weighted by molar-refractivity contribution is 5.83. The van der Waals surface area contributed by atoms with Crippen LogP contribution in [0.2, 0.25) is 0 Å². The van der Waals surface area contributed by atoms with Crippen LogP contribution in [-0.2, 0) is 17.3 Å². The Bertz CT molecular complexity index is 419. The second-order valence-corrected chi connectivity index (χ2v) is 3.19. The van der Waals surface area contributed by atoms with Gasteiger partial charge < -0.3 is 4.74 Å². The molecule has 0 bridgehead atoms. The summed E-state index contributed by atoms with van der Waals surface area (Å²) in [5.41, 5.74) is -0.727. The highest BCUT2D eigenvalue weighted by atomic mass is 19.4. The number of carbonyl (C=O) groups excluding carboxylic acids is 1. The van der Waals surface area contributed by atoms with Gasteiger partial charge in [0.25, 0.3) is 0 Å². The van der Waals surface area contributed by atoms with Gasteiger partial charge in [-0.1, -0.05) is 6.92 Å². The molecule has 0 saturated heterocycles. The highest BCUT2D eigenvalue weighted by Crippen LogP contribution is 2.33. The molecule has 0 aromatic carbocycles. The molecule has 1 heterocycles. The number of ether oxygens (including phenoxy) is 1. The number of rotatable bonds is 2. The second-order valence-electron chi connectivity index (χ2n) is 3.19. The van der Waals surface area contributed by atoms with Gasteiger partial charge in [0.1, 0.15) is 5.82 Å². The maximum absolute atomic E-state index is 12.7. The Kier molecular flexibility index (Phi) is 3.93. The molecule has 0 aliphatic heterocycles. The summed E-state index contributed by atoms with van der Waals surface area (Å²) in [5, 5.41) is 2.08. The summed E-state index contributed by atoms with van der Waals surface area (Å²) >= 11 is 0. The van der Waals surface area contributed by atoms with E-state index < -0.39 is 17.8 Å². The minimum Gasteiger partial charge on any atom is -0.453 e. The van der Waals surface area contributed by atoms with Crippen molar-refractivity contribution in [3.05, 3.63) is 23.4 Å². The zero-order valence-corrected chi connectivity index (χ0v) is 9.26. The number of halogens is 3. The molecule has 1 aromatic heterocycles. The van der Waals surface area contributed by atoms with Gasteiger partial charge in [-0.15, -0.1) is 0 Å². The zero-order chi connectivity index (χ0) is 13.1. The summed E-state index contributed by atoms with van der Waals surface area (Å²) in [5.74, 6) is -0.193. The third kappa shape index (κ3) is 3.33. The monoisotopic (exact) mass is 248 g/mol. The SMILES string of the molecule is CCc1cnc(NC(=O)OC)cc1C(F)(F)F. The van der Waals surface area contributed by atoms with E-state index in [1.165, 1.54) is 0 Å². The molecular weight excluding hydrogens is 237 g/mol. The van der Waals surface area contributed by atoms with Crippen LogP contribution in [0.3, 0.4) is 0 Å². The van der Waals surface area contributed by atoms with Crippen LogP contribution in [0.15, 0.2) is 12.3 Å². The van der Waals surface area contributed by atoms with Crippen LogP contribution < -0.4 is 5.32 Å². The maximum Gasteiger partial charge on any atom is 0.416 e. The summed E-state index contributed by atoms with van der Waals surface area (Å²) < 4.78 is 42.3. The number of alkyl halides is 3. The van der Waals surface area contributed by atoms with Crippen molar-refractivity contribution in [3.8, 4) is 0 Å². The Labute approximate surface area is 95.8 Å². The van der Waals surface area contributed by atoms with Gasteiger partial charge in [0.15, 0.2) is 0 Å². The number of nitrogens with zero attached hydrogens (tertiary/aromatic N) is 1. The number of amides is 1. The number of hydrogen-bond acceptors (Lipinski definition) is 3. The largest absolute Gasteiger partial charge is 0.453 e. The van der Waals surface area contributed by atoms with E-state index in [-0.39, 0.29) is 17.8 Å². The minimum absolute atomic E-state index is 0.0768. The number of methoxy groups -OCH3 is 1. The normalized spacial score (nSPS) is 11.1. The molecule has 0 spiro atoms. The molecule has 0 saturated carbocycles. The Morgan fingerprint density at radius 1 is 1.53 bits per heavy atom. The average molecular weight is 248 g/mol. The van der Waals surface area contributed by atoms with Gasteiger partial charge in [-0.25, -0.2) is 9.78 Å². The first kappa shape index (κ1) is 13.3. The molecule has 1 rings (SSSR count). The average Bonchev–Trinajstić information content (AvgIpc) is 2.27. The molecule has 0 atom stereocenters. The molecule has 0 aliphatic rings. The second kappa shape index (κ2) is 5.03. The van der Waals surface area contributed by atoms with Crippen LogP contribution in [0, 0.1) is 0 Å². The number of hydrogen-bond donors (Lipinski definition) is 1. The first-order valence-corrected chi connectivity index (χ1v) is 4.79. The Morgan fingerprint density at radius 3 is 2.65 bits per heavy atom. The van der Waals surface area contributed by atoms with Crippen molar-refractivity contribution in [2.45, 2.75) is 19.5 Å². The van der Waals surface area contributed by atoms with Crippen molar-refractivity contribution >= 4 is 11.9 Å². The summed E-state index contributed by atoms with van der Waals surface area (Å²) in [6.07, 6.45) is -4.04. The molecule has 17 heavy (non-hydrogen) atoms. The molecule has 0 radical (unpaired) electrons. The van der Waals surface area contributed by atoms with E-state index in [2.05, 4.69) is 15.0 Å². The van der Waals surface area contributed by atoms with Crippen LogP contribution in [0.4, 0.5) is 23.8 Å². The van der Waals surface area contributed by atoms with Gasteiger partial charge in [0, 0.05) is 6.20 Å². The quantitative estimate of drug-likeness (QED) is 0.875. The standard InChI is InChI=1S/C10H11F3N2O2/c1-3-6-5-14-8(15-9(16)17-2)4-7(6)10(11,12)13/h4-5H,3H2,1-2H3,(H,14,15,16). The molecule has 4 nitrogen and oxygen atoms in total. The molecule has 1 aromatic rings. The fourth-order valence-corrected chi connectivity index (χ4v) is 1.25. The van der Waals surface area contributed by atoms with Gasteiger partial charge in [0.05, 0.1) is 12.7 Å². The van der Waals surface area contributed by atoms with Crippen LogP contribution in [0.1, 0.15) is 18.1 Å². The number of anilines is 1. The third-order valence-corrected chi connectivity index (χ3v) is 2.09. The van der Waals surface area contributed by atoms with Gasteiger partial charge in [0.2, 0.25) is 0 Å². The van der Waals surface area contributed by atoms with Gasteiger partial charge in [-0.05, 0) is 18.1 Å². The Morgan fingerprint density at radius 2 is 2.18 bits per heavy atom. The van der Waals surface area contributed by atoms with Gasteiger partial charge in [-0.3, -0.25) is 5.32 Å². The topological polar surface area (TPSA) is 51.2 Å². The van der Waals surface area contributed by atoms with E-state index in [0.717, 1.165) is 19.4 Å². The van der Waals surface area contributed by atoms with Crippen molar-refractivity contribution < 1.29 is 22.7 Å². The Balaban J connectivity index is 3.09. The lowest BCUT2D eigenvalue weighted by molar-refractivity contribution is -0.138. The van der Waals surface area contributed by atoms with Crippen molar-refractivity contribution in [2.24, 2.45) is 0 Å². The predicted octanol–water partition coefficient (Wildman–Crippen LogP) is 2.84. The van der Waals surface area contributed by atoms with Crippen molar-refractivity contribution in [1.29, 1.82) is 0 Å². The van der Waals surface area contributed by atoms with Crippen molar-refractivity contribution in [3.63, 3.8) is 0 Å². The van der Waals surface area contributed by atoms with Crippen molar-refractivity contribution in [2.75, 3.05) is 12.4 Å².